The van der Waals surface area contributed by atoms with Crippen LogP contribution in [-0.2, 0) is 10.5 Å². The molecule has 0 aromatic carbocycles. The molecule has 1 N–H and O–H groups in total. The van der Waals surface area contributed by atoms with Crippen molar-refractivity contribution in [1.82, 2.24) is 5.16 Å². The van der Waals surface area contributed by atoms with E-state index in [1.165, 1.54) is 11.8 Å². The summed E-state index contributed by atoms with van der Waals surface area (Å²) in [6.45, 7) is 3.68. The Hall–Kier alpha value is -0.970. The lowest BCUT2D eigenvalue weighted by Crippen LogP contribution is -2.15. The van der Waals surface area contributed by atoms with Crippen molar-refractivity contribution in [2.75, 3.05) is 0 Å². The summed E-state index contributed by atoms with van der Waals surface area (Å²) in [5, 5.41) is 12.2. The molecule has 0 aliphatic carbocycles. The minimum atomic E-state index is -0.766. The molecule has 0 saturated heterocycles. The van der Waals surface area contributed by atoms with Gasteiger partial charge in [0.25, 0.3) is 0 Å². The van der Waals surface area contributed by atoms with Gasteiger partial charge in [0, 0.05) is 11.8 Å². The van der Waals surface area contributed by atoms with Crippen LogP contribution in [0.5, 0.6) is 0 Å². The van der Waals surface area contributed by atoms with E-state index in [0.717, 1.165) is 11.5 Å². The van der Waals surface area contributed by atoms with Crippen molar-refractivity contribution in [3.63, 3.8) is 0 Å². The average molecular weight is 215 g/mol. The molecule has 1 aromatic rings. The number of carboxylic acid groups (broad SMARTS) is 1. The molecule has 78 valence electrons. The summed E-state index contributed by atoms with van der Waals surface area (Å²) in [4.78, 5) is 10.7. The number of carbonyl (C=O) groups is 1. The summed E-state index contributed by atoms with van der Waals surface area (Å²) in [6, 6.07) is 1.82. The smallest absolute Gasteiger partial charge is 0.316 e. The number of nitrogens with zero attached hydrogens (tertiary/aromatic N) is 1. The second kappa shape index (κ2) is 5.05. The Morgan fingerprint density at radius 1 is 1.79 bits per heavy atom. The maximum Gasteiger partial charge on any atom is 0.316 e. The first-order chi connectivity index (χ1) is 6.63. The zero-order chi connectivity index (χ0) is 10.6. The molecule has 14 heavy (non-hydrogen) atoms. The SMILES string of the molecule is CCC(SCc1cc(C)on1)C(=O)O. The molecule has 1 aromatic heterocycles. The first-order valence-electron chi connectivity index (χ1n) is 4.40. The molecule has 0 saturated carbocycles. The summed E-state index contributed by atoms with van der Waals surface area (Å²) in [7, 11) is 0. The third-order valence-corrected chi connectivity index (χ3v) is 3.16. The van der Waals surface area contributed by atoms with Crippen LogP contribution in [0.4, 0.5) is 0 Å². The molecule has 5 heteroatoms. The van der Waals surface area contributed by atoms with Gasteiger partial charge in [-0.2, -0.15) is 0 Å². The molecule has 1 heterocycles. The lowest BCUT2D eigenvalue weighted by molar-refractivity contribution is -0.136. The van der Waals surface area contributed by atoms with Crippen LogP contribution in [0.25, 0.3) is 0 Å². The number of carboxylic acids is 1. The van der Waals surface area contributed by atoms with Crippen LogP contribution in [0.15, 0.2) is 10.6 Å². The summed E-state index contributed by atoms with van der Waals surface area (Å²) in [5.74, 6) is 0.573. The molecule has 0 aliphatic heterocycles. The highest BCUT2D eigenvalue weighted by atomic mass is 32.2. The van der Waals surface area contributed by atoms with Crippen LogP contribution in [-0.4, -0.2) is 21.5 Å². The fourth-order valence-corrected chi connectivity index (χ4v) is 1.92. The minimum Gasteiger partial charge on any atom is -0.480 e. The fourth-order valence-electron chi connectivity index (χ4n) is 1.04. The Balaban J connectivity index is 2.43. The lowest BCUT2D eigenvalue weighted by Gasteiger charge is -2.06. The predicted octanol–water partition coefficient (Wildman–Crippen LogP) is 2.08. The lowest BCUT2D eigenvalue weighted by atomic mass is 10.3. The van der Waals surface area contributed by atoms with Gasteiger partial charge in [-0.05, 0) is 13.3 Å². The quantitative estimate of drug-likeness (QED) is 0.814. The summed E-state index contributed by atoms with van der Waals surface area (Å²) in [5.41, 5.74) is 0.798. The normalized spacial score (nSPS) is 12.7. The molecule has 1 rings (SSSR count). The van der Waals surface area contributed by atoms with Gasteiger partial charge in [0.1, 0.15) is 11.0 Å². The van der Waals surface area contributed by atoms with Crippen LogP contribution >= 0.6 is 11.8 Å². The summed E-state index contributed by atoms with van der Waals surface area (Å²) < 4.78 is 4.88. The van der Waals surface area contributed by atoms with E-state index >= 15 is 0 Å². The Bertz CT molecular complexity index is 311. The second-order valence-corrected chi connectivity index (χ2v) is 4.17. The Morgan fingerprint density at radius 2 is 2.50 bits per heavy atom. The number of aromatic nitrogens is 1. The zero-order valence-electron chi connectivity index (χ0n) is 8.19. The maximum absolute atomic E-state index is 10.7. The molecule has 0 fully saturated rings. The van der Waals surface area contributed by atoms with E-state index in [1.807, 2.05) is 19.9 Å². The Labute approximate surface area is 86.7 Å². The number of hydrogen-bond donors (Lipinski definition) is 1. The van der Waals surface area contributed by atoms with E-state index in [-0.39, 0.29) is 5.25 Å². The molecular weight excluding hydrogens is 202 g/mol. The van der Waals surface area contributed by atoms with Crippen molar-refractivity contribution in [2.45, 2.75) is 31.3 Å². The first-order valence-corrected chi connectivity index (χ1v) is 5.45. The van der Waals surface area contributed by atoms with Gasteiger partial charge in [0.15, 0.2) is 0 Å². The Morgan fingerprint density at radius 3 is 2.93 bits per heavy atom. The highest BCUT2D eigenvalue weighted by Gasteiger charge is 2.15. The van der Waals surface area contributed by atoms with E-state index < -0.39 is 5.97 Å². The topological polar surface area (TPSA) is 63.3 Å². The van der Waals surface area contributed by atoms with Crippen LogP contribution < -0.4 is 0 Å². The van der Waals surface area contributed by atoms with Gasteiger partial charge in [0.2, 0.25) is 0 Å². The van der Waals surface area contributed by atoms with Crippen molar-refractivity contribution in [3.8, 4) is 0 Å². The minimum absolute atomic E-state index is 0.355. The molecule has 0 radical (unpaired) electrons. The van der Waals surface area contributed by atoms with Gasteiger partial charge in [0.05, 0.1) is 5.69 Å². The van der Waals surface area contributed by atoms with Crippen LogP contribution in [0.1, 0.15) is 24.8 Å². The number of aliphatic carboxylic acids is 1. The number of hydrogen-bond acceptors (Lipinski definition) is 4. The van der Waals surface area contributed by atoms with E-state index in [1.54, 1.807) is 0 Å². The zero-order valence-corrected chi connectivity index (χ0v) is 9.00. The average Bonchev–Trinajstić information content (AvgIpc) is 2.52. The summed E-state index contributed by atoms with van der Waals surface area (Å²) in [6.07, 6.45) is 0.622. The van der Waals surface area contributed by atoms with E-state index in [2.05, 4.69) is 5.16 Å². The largest absolute Gasteiger partial charge is 0.480 e. The fraction of sp³-hybridized carbons (Fsp3) is 0.556. The van der Waals surface area contributed by atoms with Gasteiger partial charge in [-0.25, -0.2) is 0 Å². The van der Waals surface area contributed by atoms with Gasteiger partial charge in [-0.15, -0.1) is 11.8 Å². The van der Waals surface area contributed by atoms with Crippen molar-refractivity contribution in [3.05, 3.63) is 17.5 Å². The van der Waals surface area contributed by atoms with Gasteiger partial charge in [-0.1, -0.05) is 12.1 Å². The van der Waals surface area contributed by atoms with Crippen LogP contribution in [0.3, 0.4) is 0 Å². The van der Waals surface area contributed by atoms with Crippen LogP contribution in [0.2, 0.25) is 0 Å². The molecule has 1 unspecified atom stereocenters. The molecule has 0 spiro atoms. The highest BCUT2D eigenvalue weighted by molar-refractivity contribution is 7.99. The van der Waals surface area contributed by atoms with Crippen molar-refractivity contribution < 1.29 is 14.4 Å². The van der Waals surface area contributed by atoms with E-state index in [0.29, 0.717) is 12.2 Å². The second-order valence-electron chi connectivity index (χ2n) is 2.98. The molecular formula is C9H13NO3S. The summed E-state index contributed by atoms with van der Waals surface area (Å²) >= 11 is 1.37. The van der Waals surface area contributed by atoms with Crippen molar-refractivity contribution >= 4 is 17.7 Å². The van der Waals surface area contributed by atoms with Gasteiger partial charge >= 0.3 is 5.97 Å². The highest BCUT2D eigenvalue weighted by Crippen LogP contribution is 2.20. The monoisotopic (exact) mass is 215 g/mol. The predicted molar refractivity (Wildman–Crippen MR) is 54.2 cm³/mol. The number of aryl methyl sites for hydroxylation is 1. The van der Waals surface area contributed by atoms with Crippen LogP contribution in [0, 0.1) is 6.92 Å². The Kier molecular flexibility index (Phi) is 4.00. The third kappa shape index (κ3) is 3.06. The van der Waals surface area contributed by atoms with Gasteiger partial charge in [-0.3, -0.25) is 4.79 Å². The van der Waals surface area contributed by atoms with E-state index in [9.17, 15) is 4.79 Å². The number of thioether (sulfide) groups is 1. The molecule has 0 amide bonds. The standard InChI is InChI=1S/C9H13NO3S/c1-3-8(9(11)12)14-5-7-4-6(2)13-10-7/h4,8H,3,5H2,1-2H3,(H,11,12). The molecule has 0 aliphatic rings. The third-order valence-electron chi connectivity index (χ3n) is 1.76. The molecule has 0 bridgehead atoms. The first kappa shape index (κ1) is 11.1. The van der Waals surface area contributed by atoms with Crippen molar-refractivity contribution in [1.29, 1.82) is 0 Å². The maximum atomic E-state index is 10.7. The van der Waals surface area contributed by atoms with Gasteiger partial charge < -0.3 is 9.63 Å². The molecule has 4 nitrogen and oxygen atoms in total. The van der Waals surface area contributed by atoms with E-state index in [4.69, 9.17) is 9.63 Å². The number of rotatable bonds is 5. The molecule has 1 atom stereocenters. The van der Waals surface area contributed by atoms with Crippen molar-refractivity contribution in [2.24, 2.45) is 0 Å².